The minimum Gasteiger partial charge on any atom is -0.368 e. The van der Waals surface area contributed by atoms with E-state index in [9.17, 15) is 0 Å². The standard InChI is InChI=1S/C13H24N6S/c1-5-10-8-19(6-7-20-10)9(2)11-15-12(14)17-13(16-11)18(3)4/h9-10H,5-8H2,1-4H3,(H2,14,15,16,17). The van der Waals surface area contributed by atoms with Gasteiger partial charge in [0.15, 0.2) is 5.82 Å². The van der Waals surface area contributed by atoms with Gasteiger partial charge in [-0.05, 0) is 13.3 Å². The van der Waals surface area contributed by atoms with Crippen LogP contribution in [0.4, 0.5) is 11.9 Å². The first-order chi connectivity index (χ1) is 9.51. The molecule has 0 amide bonds. The number of thioether (sulfide) groups is 1. The van der Waals surface area contributed by atoms with Gasteiger partial charge in [-0.15, -0.1) is 0 Å². The Morgan fingerprint density at radius 1 is 1.40 bits per heavy atom. The van der Waals surface area contributed by atoms with Gasteiger partial charge in [0.25, 0.3) is 0 Å². The van der Waals surface area contributed by atoms with Crippen molar-refractivity contribution in [2.45, 2.75) is 31.6 Å². The number of anilines is 2. The fraction of sp³-hybridized carbons (Fsp3) is 0.769. The lowest BCUT2D eigenvalue weighted by Gasteiger charge is -2.35. The predicted molar refractivity (Wildman–Crippen MR) is 85.1 cm³/mol. The van der Waals surface area contributed by atoms with Gasteiger partial charge in [-0.2, -0.15) is 26.7 Å². The van der Waals surface area contributed by atoms with E-state index in [2.05, 4.69) is 45.5 Å². The largest absolute Gasteiger partial charge is 0.368 e. The third-order valence-electron chi connectivity index (χ3n) is 3.61. The molecule has 1 aliphatic rings. The van der Waals surface area contributed by atoms with E-state index in [-0.39, 0.29) is 6.04 Å². The first kappa shape index (κ1) is 15.3. The topological polar surface area (TPSA) is 71.2 Å². The Balaban J connectivity index is 2.17. The summed E-state index contributed by atoms with van der Waals surface area (Å²) in [6, 6.07) is 0.175. The second kappa shape index (κ2) is 6.58. The molecule has 0 bridgehead atoms. The summed E-state index contributed by atoms with van der Waals surface area (Å²) in [4.78, 5) is 17.3. The fourth-order valence-corrected chi connectivity index (χ4v) is 3.49. The Kier molecular flexibility index (Phi) is 5.04. The fourth-order valence-electron chi connectivity index (χ4n) is 2.29. The molecule has 2 N–H and O–H groups in total. The summed E-state index contributed by atoms with van der Waals surface area (Å²) in [6.07, 6.45) is 1.20. The highest BCUT2D eigenvalue weighted by Gasteiger charge is 2.26. The molecule has 7 heteroatoms. The van der Waals surface area contributed by atoms with Crippen LogP contribution in [-0.2, 0) is 0 Å². The van der Waals surface area contributed by atoms with E-state index in [0.717, 1.165) is 18.9 Å². The van der Waals surface area contributed by atoms with Gasteiger partial charge in [0.05, 0.1) is 6.04 Å². The summed E-state index contributed by atoms with van der Waals surface area (Å²) in [5.74, 6) is 2.86. The van der Waals surface area contributed by atoms with Crippen LogP contribution < -0.4 is 10.6 Å². The monoisotopic (exact) mass is 296 g/mol. The summed E-state index contributed by atoms with van der Waals surface area (Å²) in [5, 5.41) is 0.707. The van der Waals surface area contributed by atoms with Crippen LogP contribution in [0.15, 0.2) is 0 Å². The van der Waals surface area contributed by atoms with E-state index in [4.69, 9.17) is 5.73 Å². The van der Waals surface area contributed by atoms with E-state index in [1.807, 2.05) is 19.0 Å². The summed E-state index contributed by atoms with van der Waals surface area (Å²) in [7, 11) is 3.82. The molecule has 112 valence electrons. The molecule has 1 aromatic rings. The predicted octanol–water partition coefficient (Wildman–Crippen LogP) is 1.41. The van der Waals surface area contributed by atoms with Crippen molar-refractivity contribution in [2.75, 3.05) is 43.6 Å². The molecule has 0 aromatic carbocycles. The number of nitrogen functional groups attached to an aromatic ring is 1. The summed E-state index contributed by atoms with van der Waals surface area (Å²) < 4.78 is 0. The zero-order chi connectivity index (χ0) is 14.7. The lowest BCUT2D eigenvalue weighted by atomic mass is 10.2. The molecule has 2 atom stereocenters. The van der Waals surface area contributed by atoms with E-state index < -0.39 is 0 Å². The molecular formula is C13H24N6S. The van der Waals surface area contributed by atoms with Gasteiger partial charge in [0.2, 0.25) is 11.9 Å². The average Bonchev–Trinajstić information content (AvgIpc) is 2.45. The summed E-state index contributed by atoms with van der Waals surface area (Å²) in [5.41, 5.74) is 5.81. The molecule has 20 heavy (non-hydrogen) atoms. The Hall–Kier alpha value is -1.08. The number of nitrogens with two attached hydrogens (primary N) is 1. The van der Waals surface area contributed by atoms with E-state index in [1.54, 1.807) is 0 Å². The highest BCUT2D eigenvalue weighted by atomic mass is 32.2. The number of hydrogen-bond acceptors (Lipinski definition) is 7. The summed E-state index contributed by atoms with van der Waals surface area (Å²) in [6.45, 7) is 6.56. The molecule has 2 rings (SSSR count). The Morgan fingerprint density at radius 2 is 2.15 bits per heavy atom. The highest BCUT2D eigenvalue weighted by Crippen LogP contribution is 2.27. The van der Waals surface area contributed by atoms with Crippen LogP contribution in [0.25, 0.3) is 0 Å². The van der Waals surface area contributed by atoms with Crippen LogP contribution in [0.5, 0.6) is 0 Å². The Bertz CT molecular complexity index is 452. The van der Waals surface area contributed by atoms with Crippen molar-refractivity contribution >= 4 is 23.7 Å². The van der Waals surface area contributed by atoms with Crippen molar-refractivity contribution in [1.29, 1.82) is 0 Å². The Labute approximate surface area is 125 Å². The van der Waals surface area contributed by atoms with Gasteiger partial charge in [-0.3, -0.25) is 4.90 Å². The van der Waals surface area contributed by atoms with Gasteiger partial charge in [-0.1, -0.05) is 6.92 Å². The number of hydrogen-bond donors (Lipinski definition) is 1. The Morgan fingerprint density at radius 3 is 2.80 bits per heavy atom. The van der Waals surface area contributed by atoms with Crippen LogP contribution >= 0.6 is 11.8 Å². The first-order valence-corrected chi connectivity index (χ1v) is 8.10. The van der Waals surface area contributed by atoms with Crippen LogP contribution in [0.1, 0.15) is 32.1 Å². The number of rotatable bonds is 4. The highest BCUT2D eigenvalue weighted by molar-refractivity contribution is 8.00. The lowest BCUT2D eigenvalue weighted by Crippen LogP contribution is -2.40. The van der Waals surface area contributed by atoms with Gasteiger partial charge >= 0.3 is 0 Å². The molecule has 2 unspecified atom stereocenters. The van der Waals surface area contributed by atoms with Crippen molar-refractivity contribution in [3.8, 4) is 0 Å². The number of aromatic nitrogens is 3. The maximum atomic E-state index is 5.81. The van der Waals surface area contributed by atoms with Crippen LogP contribution in [-0.4, -0.2) is 58.0 Å². The second-order valence-electron chi connectivity index (χ2n) is 5.32. The molecule has 1 aliphatic heterocycles. The van der Waals surface area contributed by atoms with Crippen LogP contribution in [0.2, 0.25) is 0 Å². The van der Waals surface area contributed by atoms with E-state index in [0.29, 0.717) is 17.1 Å². The van der Waals surface area contributed by atoms with Gasteiger partial charge in [-0.25, -0.2) is 0 Å². The zero-order valence-corrected chi connectivity index (χ0v) is 13.5. The van der Waals surface area contributed by atoms with Gasteiger partial charge < -0.3 is 10.6 Å². The average molecular weight is 296 g/mol. The summed E-state index contributed by atoms with van der Waals surface area (Å²) >= 11 is 2.06. The van der Waals surface area contributed by atoms with E-state index >= 15 is 0 Å². The van der Waals surface area contributed by atoms with E-state index in [1.165, 1.54) is 12.2 Å². The minimum absolute atomic E-state index is 0.175. The van der Waals surface area contributed by atoms with Crippen molar-refractivity contribution in [3.05, 3.63) is 5.82 Å². The minimum atomic E-state index is 0.175. The molecule has 1 fully saturated rings. The normalized spacial score (nSPS) is 21.7. The third-order valence-corrected chi connectivity index (χ3v) is 4.98. The quantitative estimate of drug-likeness (QED) is 0.900. The molecule has 2 heterocycles. The second-order valence-corrected chi connectivity index (χ2v) is 6.73. The maximum absolute atomic E-state index is 5.81. The molecule has 0 radical (unpaired) electrons. The first-order valence-electron chi connectivity index (χ1n) is 7.05. The third kappa shape index (κ3) is 3.52. The van der Waals surface area contributed by atoms with Gasteiger partial charge in [0, 0.05) is 38.2 Å². The van der Waals surface area contributed by atoms with Crippen molar-refractivity contribution in [3.63, 3.8) is 0 Å². The molecule has 6 nitrogen and oxygen atoms in total. The SMILES string of the molecule is CCC1CN(C(C)c2nc(N)nc(N(C)C)n2)CCS1. The van der Waals surface area contributed by atoms with Gasteiger partial charge in [0.1, 0.15) is 0 Å². The van der Waals surface area contributed by atoms with Crippen molar-refractivity contribution in [1.82, 2.24) is 19.9 Å². The molecule has 0 aliphatic carbocycles. The molecule has 0 spiro atoms. The van der Waals surface area contributed by atoms with Crippen LogP contribution in [0.3, 0.4) is 0 Å². The smallest absolute Gasteiger partial charge is 0.229 e. The maximum Gasteiger partial charge on any atom is 0.229 e. The lowest BCUT2D eigenvalue weighted by molar-refractivity contribution is 0.209. The molecule has 1 saturated heterocycles. The molecular weight excluding hydrogens is 272 g/mol. The number of nitrogens with zero attached hydrogens (tertiary/aromatic N) is 5. The molecule has 0 saturated carbocycles. The van der Waals surface area contributed by atoms with Crippen molar-refractivity contribution in [2.24, 2.45) is 0 Å². The zero-order valence-electron chi connectivity index (χ0n) is 12.7. The molecule has 1 aromatic heterocycles. The van der Waals surface area contributed by atoms with Crippen LogP contribution in [0, 0.1) is 0 Å². The van der Waals surface area contributed by atoms with Crippen molar-refractivity contribution < 1.29 is 0 Å².